The van der Waals surface area contributed by atoms with Crippen LogP contribution in [0.25, 0.3) is 0 Å². The summed E-state index contributed by atoms with van der Waals surface area (Å²) in [6.45, 7) is 2.14. The van der Waals surface area contributed by atoms with Gasteiger partial charge in [0.05, 0.1) is 18.8 Å². The van der Waals surface area contributed by atoms with Crippen molar-refractivity contribution < 1.29 is 24.2 Å². The molecule has 1 aromatic rings. The fraction of sp³-hybridized carbons (Fsp3) is 0.467. The normalized spacial score (nSPS) is 21.4. The molecule has 6 nitrogen and oxygen atoms in total. The second-order valence-electron chi connectivity index (χ2n) is 5.11. The van der Waals surface area contributed by atoms with Gasteiger partial charge in [0.15, 0.2) is 0 Å². The molecule has 0 saturated carbocycles. The number of likely N-dealkylation sites (tertiary alicyclic amines) is 1. The summed E-state index contributed by atoms with van der Waals surface area (Å²) in [5.41, 5.74) is 1.29. The third-order valence-electron chi connectivity index (χ3n) is 3.73. The molecule has 0 spiro atoms. The Kier molecular flexibility index (Phi) is 4.47. The molecule has 0 aromatic heterocycles. The average molecular weight is 293 g/mol. The van der Waals surface area contributed by atoms with Gasteiger partial charge in [-0.2, -0.15) is 0 Å². The van der Waals surface area contributed by atoms with Gasteiger partial charge in [-0.25, -0.2) is 4.79 Å². The van der Waals surface area contributed by atoms with Gasteiger partial charge in [-0.05, 0) is 19.1 Å². The summed E-state index contributed by atoms with van der Waals surface area (Å²) in [5.74, 6) is -0.923. The Hall–Kier alpha value is -2.08. The van der Waals surface area contributed by atoms with Gasteiger partial charge in [0.2, 0.25) is 0 Å². The minimum absolute atomic E-state index is 0.258. The SMILES string of the molecule is COc1ccc(C)cc1C(=O)N1CC(OC)CC1C(=O)O. The molecule has 1 heterocycles. The number of methoxy groups -OCH3 is 2. The van der Waals surface area contributed by atoms with Crippen LogP contribution in [0.4, 0.5) is 0 Å². The van der Waals surface area contributed by atoms with Gasteiger partial charge in [0, 0.05) is 20.1 Å². The van der Waals surface area contributed by atoms with Crippen molar-refractivity contribution in [2.45, 2.75) is 25.5 Å². The van der Waals surface area contributed by atoms with E-state index in [0.29, 0.717) is 17.7 Å². The van der Waals surface area contributed by atoms with Gasteiger partial charge in [-0.1, -0.05) is 11.6 Å². The predicted molar refractivity (Wildman–Crippen MR) is 75.6 cm³/mol. The molecule has 1 amide bonds. The highest BCUT2D eigenvalue weighted by atomic mass is 16.5. The summed E-state index contributed by atoms with van der Waals surface area (Å²) < 4.78 is 10.4. The van der Waals surface area contributed by atoms with Gasteiger partial charge in [-0.3, -0.25) is 4.79 Å². The van der Waals surface area contributed by atoms with Crippen LogP contribution in [0, 0.1) is 6.92 Å². The largest absolute Gasteiger partial charge is 0.496 e. The first kappa shape index (κ1) is 15.3. The van der Waals surface area contributed by atoms with E-state index in [2.05, 4.69) is 0 Å². The van der Waals surface area contributed by atoms with Crippen molar-refractivity contribution in [1.29, 1.82) is 0 Å². The lowest BCUT2D eigenvalue weighted by Gasteiger charge is -2.22. The van der Waals surface area contributed by atoms with E-state index in [4.69, 9.17) is 9.47 Å². The molecule has 114 valence electrons. The zero-order chi connectivity index (χ0) is 15.6. The van der Waals surface area contributed by atoms with Crippen LogP contribution in [0.5, 0.6) is 5.75 Å². The number of amides is 1. The first-order valence-corrected chi connectivity index (χ1v) is 6.69. The topological polar surface area (TPSA) is 76.1 Å². The summed E-state index contributed by atoms with van der Waals surface area (Å²) in [6.07, 6.45) is 0.0389. The number of hydrogen-bond donors (Lipinski definition) is 1. The van der Waals surface area contributed by atoms with Gasteiger partial charge >= 0.3 is 5.97 Å². The Bertz CT molecular complexity index is 557. The quantitative estimate of drug-likeness (QED) is 0.906. The van der Waals surface area contributed by atoms with Gasteiger partial charge in [0.25, 0.3) is 5.91 Å². The molecule has 1 aliphatic rings. The number of ether oxygens (including phenoxy) is 2. The molecule has 1 saturated heterocycles. The number of benzene rings is 1. The molecule has 0 bridgehead atoms. The van der Waals surface area contributed by atoms with Crippen LogP contribution in [0.3, 0.4) is 0 Å². The Morgan fingerprint density at radius 2 is 2.05 bits per heavy atom. The maximum Gasteiger partial charge on any atom is 0.326 e. The van der Waals surface area contributed by atoms with Gasteiger partial charge < -0.3 is 19.5 Å². The van der Waals surface area contributed by atoms with E-state index in [9.17, 15) is 14.7 Å². The van der Waals surface area contributed by atoms with Crippen molar-refractivity contribution in [2.24, 2.45) is 0 Å². The molecule has 21 heavy (non-hydrogen) atoms. The summed E-state index contributed by atoms with van der Waals surface area (Å²) in [6, 6.07) is 4.39. The number of carboxylic acid groups (broad SMARTS) is 1. The lowest BCUT2D eigenvalue weighted by Crippen LogP contribution is -2.40. The van der Waals surface area contributed by atoms with E-state index in [1.807, 2.05) is 13.0 Å². The van der Waals surface area contributed by atoms with E-state index < -0.39 is 12.0 Å². The Morgan fingerprint density at radius 3 is 2.62 bits per heavy atom. The molecule has 2 rings (SSSR count). The van der Waals surface area contributed by atoms with Crippen molar-refractivity contribution in [1.82, 2.24) is 4.90 Å². The third-order valence-corrected chi connectivity index (χ3v) is 3.73. The number of nitrogens with zero attached hydrogens (tertiary/aromatic N) is 1. The van der Waals surface area contributed by atoms with Crippen LogP contribution in [-0.4, -0.2) is 54.8 Å². The minimum Gasteiger partial charge on any atom is -0.496 e. The lowest BCUT2D eigenvalue weighted by atomic mass is 10.1. The van der Waals surface area contributed by atoms with Crippen molar-refractivity contribution in [3.63, 3.8) is 0 Å². The molecule has 1 fully saturated rings. The van der Waals surface area contributed by atoms with Crippen LogP contribution >= 0.6 is 0 Å². The highest BCUT2D eigenvalue weighted by Gasteiger charge is 2.40. The van der Waals surface area contributed by atoms with Gasteiger partial charge in [-0.15, -0.1) is 0 Å². The minimum atomic E-state index is -1.02. The summed E-state index contributed by atoms with van der Waals surface area (Å²) in [7, 11) is 3.00. The lowest BCUT2D eigenvalue weighted by molar-refractivity contribution is -0.141. The summed E-state index contributed by atoms with van der Waals surface area (Å²) in [4.78, 5) is 25.4. The van der Waals surface area contributed by atoms with Crippen LogP contribution < -0.4 is 4.74 Å². The fourth-order valence-electron chi connectivity index (χ4n) is 2.57. The smallest absolute Gasteiger partial charge is 0.326 e. The number of carbonyl (C=O) groups excluding carboxylic acids is 1. The zero-order valence-electron chi connectivity index (χ0n) is 12.3. The van der Waals surface area contributed by atoms with Crippen LogP contribution in [0.15, 0.2) is 18.2 Å². The first-order valence-electron chi connectivity index (χ1n) is 6.69. The molecule has 2 unspecified atom stereocenters. The average Bonchev–Trinajstić information content (AvgIpc) is 2.91. The standard InChI is InChI=1S/C15H19NO5/c1-9-4-5-13(21-3)11(6-9)14(17)16-8-10(20-2)7-12(16)15(18)19/h4-6,10,12H,7-8H2,1-3H3,(H,18,19). The molecule has 6 heteroatoms. The molecule has 1 aliphatic heterocycles. The number of rotatable bonds is 4. The summed E-state index contributed by atoms with van der Waals surface area (Å²) in [5, 5.41) is 9.29. The van der Waals surface area contributed by atoms with Crippen molar-refractivity contribution >= 4 is 11.9 Å². The maximum atomic E-state index is 12.7. The third kappa shape index (κ3) is 3.00. The van der Waals surface area contributed by atoms with Crippen molar-refractivity contribution in [3.8, 4) is 5.75 Å². The van der Waals surface area contributed by atoms with Crippen LogP contribution in [0.2, 0.25) is 0 Å². The van der Waals surface area contributed by atoms with Crippen molar-refractivity contribution in [3.05, 3.63) is 29.3 Å². The Labute approximate surface area is 123 Å². The monoisotopic (exact) mass is 293 g/mol. The second kappa shape index (κ2) is 6.13. The fourth-order valence-corrected chi connectivity index (χ4v) is 2.57. The molecule has 0 aliphatic carbocycles. The number of hydrogen-bond acceptors (Lipinski definition) is 4. The number of aliphatic carboxylic acids is 1. The number of carbonyl (C=O) groups is 2. The van der Waals surface area contributed by atoms with Crippen molar-refractivity contribution in [2.75, 3.05) is 20.8 Å². The highest BCUT2D eigenvalue weighted by Crippen LogP contribution is 2.27. The molecule has 2 atom stereocenters. The van der Waals surface area contributed by atoms with Crippen LogP contribution in [0.1, 0.15) is 22.3 Å². The molecule has 1 aromatic carbocycles. The number of carboxylic acids is 1. The van der Waals surface area contributed by atoms with E-state index >= 15 is 0 Å². The van der Waals surface area contributed by atoms with E-state index in [-0.39, 0.29) is 18.6 Å². The molecular weight excluding hydrogens is 274 g/mol. The zero-order valence-corrected chi connectivity index (χ0v) is 12.3. The molecule has 1 N–H and O–H groups in total. The Balaban J connectivity index is 2.34. The van der Waals surface area contributed by atoms with E-state index in [0.717, 1.165) is 5.56 Å². The first-order chi connectivity index (χ1) is 9.97. The van der Waals surface area contributed by atoms with E-state index in [1.165, 1.54) is 19.1 Å². The highest BCUT2D eigenvalue weighted by molar-refractivity contribution is 5.99. The van der Waals surface area contributed by atoms with Crippen LogP contribution in [-0.2, 0) is 9.53 Å². The number of aryl methyl sites for hydroxylation is 1. The predicted octanol–water partition coefficient (Wildman–Crippen LogP) is 1.32. The Morgan fingerprint density at radius 1 is 1.33 bits per heavy atom. The molecular formula is C15H19NO5. The summed E-state index contributed by atoms with van der Waals surface area (Å²) >= 11 is 0. The second-order valence-corrected chi connectivity index (χ2v) is 5.11. The molecule has 0 radical (unpaired) electrons. The van der Waals surface area contributed by atoms with Gasteiger partial charge in [0.1, 0.15) is 11.8 Å². The maximum absolute atomic E-state index is 12.7. The van der Waals surface area contributed by atoms with E-state index in [1.54, 1.807) is 12.1 Å².